The van der Waals surface area contributed by atoms with Gasteiger partial charge in [-0.2, -0.15) is 13.2 Å². The van der Waals surface area contributed by atoms with Crippen molar-refractivity contribution >= 4 is 22.8 Å². The summed E-state index contributed by atoms with van der Waals surface area (Å²) < 4.78 is 83.3. The zero-order chi connectivity index (χ0) is 27.2. The first-order chi connectivity index (χ1) is 17.3. The van der Waals surface area contributed by atoms with Crippen LogP contribution >= 0.6 is 0 Å². The van der Waals surface area contributed by atoms with Gasteiger partial charge in [0.1, 0.15) is 28.9 Å². The highest BCUT2D eigenvalue weighted by Crippen LogP contribution is 2.27. The normalized spacial score (nSPS) is 18.9. The lowest BCUT2D eigenvalue weighted by atomic mass is 10.1. The van der Waals surface area contributed by atoms with Gasteiger partial charge in [-0.3, -0.25) is 14.2 Å². The van der Waals surface area contributed by atoms with Gasteiger partial charge in [0.2, 0.25) is 5.43 Å². The van der Waals surface area contributed by atoms with Crippen LogP contribution in [0.25, 0.3) is 16.7 Å². The molecule has 198 valence electrons. The molecule has 0 aliphatic carbocycles. The maximum absolute atomic E-state index is 14.8. The molecule has 4 rings (SSSR count). The molecule has 14 heteroatoms. The van der Waals surface area contributed by atoms with E-state index in [2.05, 4.69) is 4.98 Å². The molecule has 3 aromatic rings. The molecule has 37 heavy (non-hydrogen) atoms. The number of aliphatic hydroxyl groups is 2. The Hall–Kier alpha value is -3.65. The fourth-order valence-corrected chi connectivity index (χ4v) is 4.07. The summed E-state index contributed by atoms with van der Waals surface area (Å²) in [4.78, 5) is 31.5. The molecule has 1 unspecified atom stereocenters. The molecule has 8 nitrogen and oxygen atoms in total. The fourth-order valence-electron chi connectivity index (χ4n) is 4.07. The van der Waals surface area contributed by atoms with Gasteiger partial charge >= 0.3 is 6.18 Å². The number of carbonyl (C=O) groups excluding carboxylic acids is 1. The molecule has 1 aromatic carbocycles. The molecular formula is C23H20F6N4O4. The van der Waals surface area contributed by atoms with Crippen LogP contribution in [0.3, 0.4) is 0 Å². The average molecular weight is 530 g/mol. The number of rotatable bonds is 5. The van der Waals surface area contributed by atoms with Gasteiger partial charge in [-0.1, -0.05) is 6.92 Å². The molecule has 1 saturated heterocycles. The number of fused-ring (bicyclic) bond motifs is 1. The molecule has 3 atom stereocenters. The van der Waals surface area contributed by atoms with Crippen molar-refractivity contribution in [2.75, 3.05) is 18.0 Å². The third kappa shape index (κ3) is 4.98. The predicted molar refractivity (Wildman–Crippen MR) is 119 cm³/mol. The van der Waals surface area contributed by atoms with Crippen molar-refractivity contribution in [1.82, 2.24) is 14.9 Å². The summed E-state index contributed by atoms with van der Waals surface area (Å²) in [6.45, 7) is 1.05. The Morgan fingerprint density at radius 1 is 1.14 bits per heavy atom. The summed E-state index contributed by atoms with van der Waals surface area (Å²) in [6.07, 6.45) is -6.96. The highest BCUT2D eigenvalue weighted by atomic mass is 19.4. The van der Waals surface area contributed by atoms with E-state index in [1.807, 2.05) is 0 Å². The Labute approximate surface area is 204 Å². The maximum atomic E-state index is 14.8. The number of nitrogens with one attached hydrogen (secondary N) is 1. The van der Waals surface area contributed by atoms with Crippen molar-refractivity contribution in [3.63, 3.8) is 0 Å². The van der Waals surface area contributed by atoms with E-state index in [0.29, 0.717) is 22.9 Å². The molecule has 3 N–H and O–H groups in total. The Kier molecular flexibility index (Phi) is 6.90. The van der Waals surface area contributed by atoms with Crippen molar-refractivity contribution in [2.24, 2.45) is 0 Å². The van der Waals surface area contributed by atoms with Gasteiger partial charge in [-0.15, -0.1) is 0 Å². The molecule has 1 amide bonds. The quantitative estimate of drug-likeness (QED) is 0.438. The molecule has 0 saturated carbocycles. The lowest BCUT2D eigenvalue weighted by Gasteiger charge is -2.21. The predicted octanol–water partition coefficient (Wildman–Crippen LogP) is 2.42. The number of aromatic nitrogens is 2. The Morgan fingerprint density at radius 3 is 2.27 bits per heavy atom. The van der Waals surface area contributed by atoms with Gasteiger partial charge < -0.3 is 20.4 Å². The molecule has 1 aliphatic rings. The first kappa shape index (κ1) is 26.4. The van der Waals surface area contributed by atoms with Gasteiger partial charge in [0.05, 0.1) is 17.6 Å². The van der Waals surface area contributed by atoms with E-state index >= 15 is 0 Å². The molecule has 0 spiro atoms. The zero-order valence-corrected chi connectivity index (χ0v) is 19.1. The van der Waals surface area contributed by atoms with E-state index in [4.69, 9.17) is 0 Å². The number of nitrogens with zero attached hydrogens (tertiary/aromatic N) is 3. The van der Waals surface area contributed by atoms with Crippen LogP contribution in [0.5, 0.6) is 0 Å². The molecule has 1 fully saturated rings. The monoisotopic (exact) mass is 530 g/mol. The van der Waals surface area contributed by atoms with Gasteiger partial charge in [0, 0.05) is 31.4 Å². The van der Waals surface area contributed by atoms with Crippen LogP contribution in [0.15, 0.2) is 35.3 Å². The summed E-state index contributed by atoms with van der Waals surface area (Å²) in [5.74, 6) is -5.49. The van der Waals surface area contributed by atoms with E-state index in [-0.39, 0.29) is 24.3 Å². The second kappa shape index (κ2) is 9.67. The standard InChI is InChI=1S/C23H20F6N4O4/c1-2-17(23(27,28)29)30-22(37)12-7-33(19-13(25)5-10(24)6-14(19)26)21-11(20(12)36)3-4-18(31-21)32-8-15(34)16(35)9-32/h3-7,15-17,34-35H,2,8-9H2,1H3,(H,30,37)/t15-,16-,17?/m1/s1. The van der Waals surface area contributed by atoms with Crippen LogP contribution in [-0.4, -0.2) is 63.2 Å². The third-order valence-corrected chi connectivity index (χ3v) is 5.99. The van der Waals surface area contributed by atoms with Crippen molar-refractivity contribution in [3.8, 4) is 5.69 Å². The van der Waals surface area contributed by atoms with E-state index < -0.39 is 76.5 Å². The van der Waals surface area contributed by atoms with Crippen LogP contribution in [0.4, 0.5) is 32.2 Å². The van der Waals surface area contributed by atoms with Crippen LogP contribution < -0.4 is 15.6 Å². The van der Waals surface area contributed by atoms with Crippen molar-refractivity contribution in [3.05, 3.63) is 63.7 Å². The number of pyridine rings is 2. The SMILES string of the molecule is CCC(NC(=O)c1cn(-c2c(F)cc(F)cc2F)c2nc(N3C[C@@H](O)[C@H](O)C3)ccc2c1=O)C(F)(F)F. The van der Waals surface area contributed by atoms with Crippen LogP contribution in [0.1, 0.15) is 23.7 Å². The summed E-state index contributed by atoms with van der Waals surface area (Å²) in [6, 6.07) is 0.815. The number of hydrogen-bond donors (Lipinski definition) is 3. The number of benzene rings is 1. The Morgan fingerprint density at radius 2 is 1.73 bits per heavy atom. The van der Waals surface area contributed by atoms with Crippen LogP contribution in [0.2, 0.25) is 0 Å². The lowest BCUT2D eigenvalue weighted by Crippen LogP contribution is -2.46. The summed E-state index contributed by atoms with van der Waals surface area (Å²) in [7, 11) is 0. The molecule has 0 bridgehead atoms. The van der Waals surface area contributed by atoms with Crippen LogP contribution in [0, 0.1) is 17.5 Å². The topological polar surface area (TPSA) is 108 Å². The number of amides is 1. The minimum Gasteiger partial charge on any atom is -0.389 e. The lowest BCUT2D eigenvalue weighted by molar-refractivity contribution is -0.153. The number of alkyl halides is 3. The van der Waals surface area contributed by atoms with Crippen LogP contribution in [-0.2, 0) is 0 Å². The van der Waals surface area contributed by atoms with Gasteiger partial charge in [0.15, 0.2) is 17.3 Å². The fraction of sp³-hybridized carbons (Fsp3) is 0.348. The summed E-state index contributed by atoms with van der Waals surface area (Å²) in [5.41, 5.74) is -3.26. The third-order valence-electron chi connectivity index (χ3n) is 5.99. The number of anilines is 1. The van der Waals surface area contributed by atoms with Crippen molar-refractivity contribution in [2.45, 2.75) is 37.8 Å². The second-order valence-electron chi connectivity index (χ2n) is 8.52. The Bertz CT molecular complexity index is 1390. The minimum absolute atomic E-state index is 0.0560. The number of carbonyl (C=O) groups is 1. The highest BCUT2D eigenvalue weighted by Gasteiger charge is 2.40. The summed E-state index contributed by atoms with van der Waals surface area (Å²) >= 11 is 0. The van der Waals surface area contributed by atoms with E-state index in [1.54, 1.807) is 5.32 Å². The highest BCUT2D eigenvalue weighted by molar-refractivity contribution is 5.97. The zero-order valence-electron chi connectivity index (χ0n) is 19.1. The minimum atomic E-state index is -4.82. The maximum Gasteiger partial charge on any atom is 0.408 e. The van der Waals surface area contributed by atoms with Crippen molar-refractivity contribution in [1.29, 1.82) is 0 Å². The average Bonchev–Trinajstić information content (AvgIpc) is 3.15. The number of halogens is 6. The smallest absolute Gasteiger partial charge is 0.389 e. The van der Waals surface area contributed by atoms with Crippen molar-refractivity contribution < 1.29 is 41.4 Å². The largest absolute Gasteiger partial charge is 0.408 e. The van der Waals surface area contributed by atoms with E-state index in [1.165, 1.54) is 11.0 Å². The summed E-state index contributed by atoms with van der Waals surface area (Å²) in [5, 5.41) is 21.0. The second-order valence-corrected chi connectivity index (χ2v) is 8.52. The first-order valence-corrected chi connectivity index (χ1v) is 11.0. The first-order valence-electron chi connectivity index (χ1n) is 11.0. The van der Waals surface area contributed by atoms with Gasteiger partial charge in [-0.25, -0.2) is 18.2 Å². The Balaban J connectivity index is 1.94. The van der Waals surface area contributed by atoms with Gasteiger partial charge in [0.25, 0.3) is 5.91 Å². The van der Waals surface area contributed by atoms with E-state index in [9.17, 15) is 46.1 Å². The number of aliphatic hydroxyl groups excluding tert-OH is 2. The molecule has 0 radical (unpaired) electrons. The molecule has 1 aliphatic heterocycles. The van der Waals surface area contributed by atoms with Gasteiger partial charge in [-0.05, 0) is 18.6 Å². The molecule has 3 heterocycles. The van der Waals surface area contributed by atoms with E-state index in [0.717, 1.165) is 13.0 Å². The molecule has 2 aromatic heterocycles. The number of hydrogen-bond acceptors (Lipinski definition) is 6. The number of β-amino-alcohol motifs (C(OH)–C–C–N with tert-alkyl or cyclic N) is 2. The molecular weight excluding hydrogens is 510 g/mol.